The Morgan fingerprint density at radius 2 is 2.20 bits per heavy atom. The molecule has 0 aromatic rings. The molecule has 1 nitrogen and oxygen atoms in total. The van der Waals surface area contributed by atoms with Crippen molar-refractivity contribution in [3.05, 3.63) is 0 Å². The lowest BCUT2D eigenvalue weighted by Gasteiger charge is -2.00. The van der Waals surface area contributed by atoms with Gasteiger partial charge in [0.25, 0.3) is 0 Å². The standard InChI is InChI=1S/C7H16INS/c1-2-10-7-3-5-9-6-4-8/h9H,2-7H2,1H3. The van der Waals surface area contributed by atoms with E-state index in [1.807, 2.05) is 11.8 Å². The van der Waals surface area contributed by atoms with E-state index in [9.17, 15) is 0 Å². The van der Waals surface area contributed by atoms with Crippen molar-refractivity contribution in [3.8, 4) is 0 Å². The molecule has 0 unspecified atom stereocenters. The van der Waals surface area contributed by atoms with E-state index in [2.05, 4.69) is 34.8 Å². The maximum absolute atomic E-state index is 3.37. The molecule has 0 radical (unpaired) electrons. The van der Waals surface area contributed by atoms with Crippen LogP contribution >= 0.6 is 34.4 Å². The molecule has 0 heterocycles. The number of halogens is 1. The molecule has 62 valence electrons. The van der Waals surface area contributed by atoms with Crippen LogP contribution in [0.2, 0.25) is 0 Å². The average Bonchev–Trinajstić information content (AvgIpc) is 1.97. The first kappa shape index (κ1) is 11.0. The second kappa shape index (κ2) is 10.0. The van der Waals surface area contributed by atoms with E-state index in [4.69, 9.17) is 0 Å². The van der Waals surface area contributed by atoms with E-state index in [0.717, 1.165) is 6.54 Å². The smallest absolute Gasteiger partial charge is 0.0121 e. The van der Waals surface area contributed by atoms with Gasteiger partial charge < -0.3 is 5.32 Å². The Morgan fingerprint density at radius 1 is 1.40 bits per heavy atom. The van der Waals surface area contributed by atoms with E-state index in [-0.39, 0.29) is 0 Å². The van der Waals surface area contributed by atoms with Crippen molar-refractivity contribution in [2.45, 2.75) is 13.3 Å². The number of thioether (sulfide) groups is 1. The molecule has 0 aliphatic carbocycles. The molecule has 0 aromatic carbocycles. The van der Waals surface area contributed by atoms with Gasteiger partial charge in [-0.25, -0.2) is 0 Å². The van der Waals surface area contributed by atoms with Gasteiger partial charge in [0.1, 0.15) is 0 Å². The first-order valence-corrected chi connectivity index (χ1v) is 6.44. The molecule has 0 aliphatic heterocycles. The van der Waals surface area contributed by atoms with E-state index >= 15 is 0 Å². The molecule has 1 N–H and O–H groups in total. The Bertz CT molecular complexity index is 53.6. The summed E-state index contributed by atoms with van der Waals surface area (Å²) >= 11 is 4.41. The number of rotatable bonds is 7. The largest absolute Gasteiger partial charge is 0.316 e. The van der Waals surface area contributed by atoms with E-state index in [1.165, 1.54) is 28.9 Å². The number of nitrogens with one attached hydrogen (secondary N) is 1. The van der Waals surface area contributed by atoms with Crippen LogP contribution in [-0.4, -0.2) is 29.0 Å². The van der Waals surface area contributed by atoms with Crippen LogP contribution in [0.3, 0.4) is 0 Å². The summed E-state index contributed by atoms with van der Waals surface area (Å²) in [5.41, 5.74) is 0. The minimum atomic E-state index is 1.16. The summed E-state index contributed by atoms with van der Waals surface area (Å²) in [5.74, 6) is 2.57. The highest BCUT2D eigenvalue weighted by Gasteiger charge is 1.86. The Hall–Kier alpha value is 1.04. The van der Waals surface area contributed by atoms with Gasteiger partial charge in [-0.15, -0.1) is 0 Å². The predicted octanol–water partition coefficient (Wildman–Crippen LogP) is 2.15. The Kier molecular flexibility index (Phi) is 11.1. The second-order valence-corrected chi connectivity index (χ2v) is 4.46. The molecule has 0 rings (SSSR count). The minimum absolute atomic E-state index is 1.16. The SMILES string of the molecule is CCSCCCNCCI. The van der Waals surface area contributed by atoms with Crippen LogP contribution in [0, 0.1) is 0 Å². The maximum Gasteiger partial charge on any atom is 0.0121 e. The van der Waals surface area contributed by atoms with Crippen LogP contribution in [0.15, 0.2) is 0 Å². The van der Waals surface area contributed by atoms with Crippen LogP contribution in [0.1, 0.15) is 13.3 Å². The van der Waals surface area contributed by atoms with Crippen LogP contribution in [0.25, 0.3) is 0 Å². The van der Waals surface area contributed by atoms with Gasteiger partial charge in [-0.2, -0.15) is 11.8 Å². The predicted molar refractivity (Wildman–Crippen MR) is 59.4 cm³/mol. The average molecular weight is 273 g/mol. The zero-order valence-corrected chi connectivity index (χ0v) is 9.50. The first-order valence-electron chi connectivity index (χ1n) is 3.76. The Morgan fingerprint density at radius 3 is 2.80 bits per heavy atom. The van der Waals surface area contributed by atoms with Crippen LogP contribution in [0.4, 0.5) is 0 Å². The van der Waals surface area contributed by atoms with Crippen molar-refractivity contribution in [1.82, 2.24) is 5.32 Å². The van der Waals surface area contributed by atoms with Gasteiger partial charge >= 0.3 is 0 Å². The molecular weight excluding hydrogens is 257 g/mol. The highest BCUT2D eigenvalue weighted by Crippen LogP contribution is 1.99. The van der Waals surface area contributed by atoms with E-state index in [1.54, 1.807) is 0 Å². The molecule has 0 aliphatic rings. The molecule has 10 heavy (non-hydrogen) atoms. The lowest BCUT2D eigenvalue weighted by atomic mass is 10.5. The Balaban J connectivity index is 2.65. The molecule has 0 bridgehead atoms. The first-order chi connectivity index (χ1) is 4.91. The molecule has 0 aromatic heterocycles. The van der Waals surface area contributed by atoms with Gasteiger partial charge in [0.05, 0.1) is 0 Å². The molecule has 0 saturated heterocycles. The van der Waals surface area contributed by atoms with E-state index in [0.29, 0.717) is 0 Å². The van der Waals surface area contributed by atoms with Crippen molar-refractivity contribution in [1.29, 1.82) is 0 Å². The lowest BCUT2D eigenvalue weighted by Crippen LogP contribution is -2.17. The van der Waals surface area contributed by atoms with Gasteiger partial charge in [0.15, 0.2) is 0 Å². The van der Waals surface area contributed by atoms with Gasteiger partial charge in [-0.05, 0) is 24.5 Å². The van der Waals surface area contributed by atoms with Crippen LogP contribution in [0.5, 0.6) is 0 Å². The topological polar surface area (TPSA) is 12.0 Å². The summed E-state index contributed by atoms with van der Waals surface area (Å²) < 4.78 is 1.22. The summed E-state index contributed by atoms with van der Waals surface area (Å²) in [4.78, 5) is 0. The van der Waals surface area contributed by atoms with Crippen molar-refractivity contribution in [3.63, 3.8) is 0 Å². The third-order valence-electron chi connectivity index (χ3n) is 1.12. The quantitative estimate of drug-likeness (QED) is 0.433. The molecule has 0 amide bonds. The molecule has 0 fully saturated rings. The fraction of sp³-hybridized carbons (Fsp3) is 1.00. The summed E-state index contributed by atoms with van der Waals surface area (Å²) in [6, 6.07) is 0. The monoisotopic (exact) mass is 273 g/mol. The van der Waals surface area contributed by atoms with Crippen LogP contribution in [-0.2, 0) is 0 Å². The normalized spacial score (nSPS) is 10.2. The zero-order valence-electron chi connectivity index (χ0n) is 6.53. The summed E-state index contributed by atoms with van der Waals surface area (Å²) in [6.45, 7) is 4.57. The van der Waals surface area contributed by atoms with E-state index < -0.39 is 0 Å². The molecule has 0 atom stereocenters. The summed E-state index contributed by atoms with van der Waals surface area (Å²) in [5, 5.41) is 3.37. The minimum Gasteiger partial charge on any atom is -0.316 e. The molecule has 0 spiro atoms. The molecule has 3 heteroatoms. The third kappa shape index (κ3) is 9.04. The Labute approximate surface area is 81.9 Å². The maximum atomic E-state index is 3.37. The summed E-state index contributed by atoms with van der Waals surface area (Å²) in [7, 11) is 0. The highest BCUT2D eigenvalue weighted by atomic mass is 127. The molecule has 0 saturated carbocycles. The van der Waals surface area contributed by atoms with Crippen molar-refractivity contribution in [2.24, 2.45) is 0 Å². The van der Waals surface area contributed by atoms with Gasteiger partial charge in [-0.1, -0.05) is 29.5 Å². The fourth-order valence-electron chi connectivity index (χ4n) is 0.635. The second-order valence-electron chi connectivity index (χ2n) is 1.99. The number of hydrogen-bond acceptors (Lipinski definition) is 2. The summed E-state index contributed by atoms with van der Waals surface area (Å²) in [6.07, 6.45) is 1.31. The number of alkyl halides is 1. The zero-order chi connectivity index (χ0) is 7.66. The number of hydrogen-bond donors (Lipinski definition) is 1. The third-order valence-corrected chi connectivity index (χ3v) is 2.64. The fourth-order valence-corrected chi connectivity index (χ4v) is 1.65. The van der Waals surface area contributed by atoms with Crippen molar-refractivity contribution >= 4 is 34.4 Å². The van der Waals surface area contributed by atoms with Gasteiger partial charge in [0, 0.05) is 11.0 Å². The lowest BCUT2D eigenvalue weighted by molar-refractivity contribution is 0.715. The highest BCUT2D eigenvalue weighted by molar-refractivity contribution is 14.1. The van der Waals surface area contributed by atoms with Crippen molar-refractivity contribution in [2.75, 3.05) is 29.0 Å². The van der Waals surface area contributed by atoms with Crippen molar-refractivity contribution < 1.29 is 0 Å². The molecular formula is C7H16INS. The van der Waals surface area contributed by atoms with Crippen LogP contribution < -0.4 is 5.32 Å². The van der Waals surface area contributed by atoms with Gasteiger partial charge in [0.2, 0.25) is 0 Å². The van der Waals surface area contributed by atoms with Gasteiger partial charge in [-0.3, -0.25) is 0 Å².